The molecule has 0 fully saturated rings. The molecule has 0 bridgehead atoms. The summed E-state index contributed by atoms with van der Waals surface area (Å²) in [5.41, 5.74) is 1.17. The number of aromatic nitrogens is 1. The highest BCUT2D eigenvalue weighted by atomic mass is 79.9. The van der Waals surface area contributed by atoms with Crippen LogP contribution in [0.3, 0.4) is 0 Å². The van der Waals surface area contributed by atoms with Crippen molar-refractivity contribution < 1.29 is 8.42 Å². The lowest BCUT2D eigenvalue weighted by Crippen LogP contribution is -2.25. The van der Waals surface area contributed by atoms with Crippen LogP contribution in [-0.2, 0) is 16.6 Å². The number of para-hydroxylation sites is 1. The zero-order valence-electron chi connectivity index (χ0n) is 12.4. The molecule has 0 saturated carbocycles. The van der Waals surface area contributed by atoms with E-state index in [1.54, 1.807) is 24.3 Å². The predicted molar refractivity (Wildman–Crippen MR) is 95.9 cm³/mol. The molecule has 1 aromatic heterocycles. The number of aryl methyl sites for hydroxylation is 1. The molecule has 2 aromatic carbocycles. The molecule has 0 radical (unpaired) electrons. The van der Waals surface area contributed by atoms with Crippen LogP contribution in [0.4, 0.5) is 0 Å². The highest BCUT2D eigenvalue weighted by molar-refractivity contribution is 9.10. The van der Waals surface area contributed by atoms with Gasteiger partial charge >= 0.3 is 0 Å². The summed E-state index contributed by atoms with van der Waals surface area (Å²) in [4.78, 5) is 0.284. The Labute approximate surface area is 144 Å². The van der Waals surface area contributed by atoms with Gasteiger partial charge in [-0.2, -0.15) is 0 Å². The molecule has 120 valence electrons. The van der Waals surface area contributed by atoms with E-state index < -0.39 is 10.0 Å². The summed E-state index contributed by atoms with van der Waals surface area (Å²) in [5, 5.41) is 1.20. The fourth-order valence-corrected chi connectivity index (χ4v) is 3.83. The number of rotatable bonds is 6. The molecule has 0 atom stereocenters. The van der Waals surface area contributed by atoms with E-state index in [1.165, 1.54) is 10.9 Å². The molecule has 0 aliphatic carbocycles. The van der Waals surface area contributed by atoms with Gasteiger partial charge in [0.25, 0.3) is 0 Å². The van der Waals surface area contributed by atoms with Crippen LogP contribution in [0.25, 0.3) is 10.9 Å². The molecule has 1 N–H and O–H groups in total. The quantitative estimate of drug-likeness (QED) is 0.649. The second kappa shape index (κ2) is 6.86. The number of fused-ring (bicyclic) bond motifs is 1. The maximum atomic E-state index is 12.2. The molecule has 0 unspecified atom stereocenters. The van der Waals surface area contributed by atoms with Crippen LogP contribution >= 0.6 is 15.9 Å². The first kappa shape index (κ1) is 16.2. The fourth-order valence-electron chi connectivity index (χ4n) is 2.49. The van der Waals surface area contributed by atoms with Gasteiger partial charge in [-0.1, -0.05) is 34.1 Å². The van der Waals surface area contributed by atoms with E-state index in [2.05, 4.69) is 43.4 Å². The van der Waals surface area contributed by atoms with Gasteiger partial charge in [-0.05, 0) is 48.2 Å². The lowest BCUT2D eigenvalue weighted by Gasteiger charge is -2.08. The Balaban J connectivity index is 1.58. The molecule has 3 rings (SSSR count). The van der Waals surface area contributed by atoms with Gasteiger partial charge in [0, 0.05) is 29.3 Å². The second-order valence-corrected chi connectivity index (χ2v) is 7.96. The van der Waals surface area contributed by atoms with Crippen molar-refractivity contribution in [2.45, 2.75) is 17.9 Å². The minimum atomic E-state index is -3.44. The molecule has 0 spiro atoms. The molecule has 0 saturated heterocycles. The number of hydrogen-bond donors (Lipinski definition) is 1. The first-order valence-corrected chi connectivity index (χ1v) is 9.63. The SMILES string of the molecule is O=S(=O)(NCCCn1ccc2ccccc21)c1ccc(Br)cc1. The standard InChI is InChI=1S/C17H17BrN2O2S/c18-15-6-8-16(9-7-15)23(21,22)19-11-3-12-20-13-10-14-4-1-2-5-17(14)20/h1-2,4-10,13,19H,3,11-12H2. The second-order valence-electron chi connectivity index (χ2n) is 5.27. The zero-order valence-corrected chi connectivity index (χ0v) is 14.8. The molecule has 3 aromatic rings. The fraction of sp³-hybridized carbons (Fsp3) is 0.176. The number of halogens is 1. The minimum Gasteiger partial charge on any atom is -0.347 e. The predicted octanol–water partition coefficient (Wildman–Crippen LogP) is 3.77. The van der Waals surface area contributed by atoms with Gasteiger partial charge in [0.2, 0.25) is 10.0 Å². The highest BCUT2D eigenvalue weighted by Gasteiger charge is 2.12. The van der Waals surface area contributed by atoms with Gasteiger partial charge in [-0.25, -0.2) is 13.1 Å². The number of benzene rings is 2. The van der Waals surface area contributed by atoms with Crippen LogP contribution in [0, 0.1) is 0 Å². The van der Waals surface area contributed by atoms with Gasteiger partial charge in [0.05, 0.1) is 4.90 Å². The van der Waals surface area contributed by atoms with Gasteiger partial charge in [0.1, 0.15) is 0 Å². The van der Waals surface area contributed by atoms with Crippen LogP contribution in [0.2, 0.25) is 0 Å². The molecule has 1 heterocycles. The lowest BCUT2D eigenvalue weighted by molar-refractivity contribution is 0.572. The Morgan fingerprint density at radius 2 is 1.74 bits per heavy atom. The summed E-state index contributed by atoms with van der Waals surface area (Å²) in [6.07, 6.45) is 2.77. The number of nitrogens with one attached hydrogen (secondary N) is 1. The minimum absolute atomic E-state index is 0.284. The van der Waals surface area contributed by atoms with Crippen LogP contribution in [0.5, 0.6) is 0 Å². The van der Waals surface area contributed by atoms with Crippen molar-refractivity contribution in [2.75, 3.05) is 6.54 Å². The van der Waals surface area contributed by atoms with Crippen molar-refractivity contribution in [2.24, 2.45) is 0 Å². The molecule has 0 amide bonds. The van der Waals surface area contributed by atoms with Crippen molar-refractivity contribution in [1.29, 1.82) is 0 Å². The summed E-state index contributed by atoms with van der Waals surface area (Å²) >= 11 is 3.30. The van der Waals surface area contributed by atoms with E-state index in [0.717, 1.165) is 17.4 Å². The largest absolute Gasteiger partial charge is 0.347 e. The number of hydrogen-bond acceptors (Lipinski definition) is 2. The molecule has 23 heavy (non-hydrogen) atoms. The van der Waals surface area contributed by atoms with Gasteiger partial charge in [-0.3, -0.25) is 0 Å². The first-order valence-electron chi connectivity index (χ1n) is 7.35. The third-order valence-corrected chi connectivity index (χ3v) is 5.68. The van der Waals surface area contributed by atoms with Crippen LogP contribution < -0.4 is 4.72 Å². The van der Waals surface area contributed by atoms with E-state index in [-0.39, 0.29) is 4.90 Å². The van der Waals surface area contributed by atoms with E-state index in [1.807, 2.05) is 18.3 Å². The average molecular weight is 393 g/mol. The third-order valence-electron chi connectivity index (χ3n) is 3.67. The maximum absolute atomic E-state index is 12.2. The summed E-state index contributed by atoms with van der Waals surface area (Å²) in [7, 11) is -3.44. The normalized spacial score (nSPS) is 11.9. The monoisotopic (exact) mass is 392 g/mol. The summed E-state index contributed by atoms with van der Waals surface area (Å²) in [6, 6.07) is 16.9. The topological polar surface area (TPSA) is 51.1 Å². The van der Waals surface area contributed by atoms with E-state index in [4.69, 9.17) is 0 Å². The zero-order chi connectivity index (χ0) is 16.3. The average Bonchev–Trinajstić information content (AvgIpc) is 2.95. The smallest absolute Gasteiger partial charge is 0.240 e. The van der Waals surface area contributed by atoms with Crippen molar-refractivity contribution in [3.05, 3.63) is 65.3 Å². The molecule has 0 aliphatic rings. The van der Waals surface area contributed by atoms with E-state index in [9.17, 15) is 8.42 Å². The lowest BCUT2D eigenvalue weighted by atomic mass is 10.2. The van der Waals surface area contributed by atoms with Crippen LogP contribution in [0.15, 0.2) is 70.2 Å². The Morgan fingerprint density at radius 3 is 2.52 bits per heavy atom. The third kappa shape index (κ3) is 3.83. The molecular weight excluding hydrogens is 376 g/mol. The molecule has 0 aliphatic heterocycles. The first-order chi connectivity index (χ1) is 11.1. The van der Waals surface area contributed by atoms with Gasteiger partial charge < -0.3 is 4.57 Å². The van der Waals surface area contributed by atoms with Crippen molar-refractivity contribution in [3.63, 3.8) is 0 Å². The Bertz CT molecular complexity index is 902. The van der Waals surface area contributed by atoms with Crippen molar-refractivity contribution in [1.82, 2.24) is 9.29 Å². The van der Waals surface area contributed by atoms with Crippen LogP contribution in [-0.4, -0.2) is 19.5 Å². The van der Waals surface area contributed by atoms with Crippen molar-refractivity contribution in [3.8, 4) is 0 Å². The highest BCUT2D eigenvalue weighted by Crippen LogP contribution is 2.16. The van der Waals surface area contributed by atoms with Crippen LogP contribution in [0.1, 0.15) is 6.42 Å². The Morgan fingerprint density at radius 1 is 1.00 bits per heavy atom. The summed E-state index contributed by atoms with van der Waals surface area (Å²) in [6.45, 7) is 1.18. The number of sulfonamides is 1. The Kier molecular flexibility index (Phi) is 4.84. The van der Waals surface area contributed by atoms with Crippen molar-refractivity contribution >= 4 is 36.9 Å². The molecule has 6 heteroatoms. The van der Waals surface area contributed by atoms with E-state index >= 15 is 0 Å². The summed E-state index contributed by atoms with van der Waals surface area (Å²) in [5.74, 6) is 0. The molecular formula is C17H17BrN2O2S. The van der Waals surface area contributed by atoms with Gasteiger partial charge in [0.15, 0.2) is 0 Å². The number of nitrogens with zero attached hydrogens (tertiary/aromatic N) is 1. The Hall–Kier alpha value is -1.63. The maximum Gasteiger partial charge on any atom is 0.240 e. The summed E-state index contributed by atoms with van der Waals surface area (Å²) < 4.78 is 30.0. The van der Waals surface area contributed by atoms with E-state index in [0.29, 0.717) is 6.54 Å². The van der Waals surface area contributed by atoms with Gasteiger partial charge in [-0.15, -0.1) is 0 Å². The molecule has 4 nitrogen and oxygen atoms in total.